The van der Waals surface area contributed by atoms with Gasteiger partial charge in [0.05, 0.1) is 27.7 Å². The lowest BCUT2D eigenvalue weighted by atomic mass is 10.3. The molecule has 1 amide bonds. The van der Waals surface area contributed by atoms with E-state index in [1.54, 1.807) is 0 Å². The average Bonchev–Trinajstić information content (AvgIpc) is 3.18. The highest BCUT2D eigenvalue weighted by Crippen LogP contribution is 2.28. The number of esters is 1. The van der Waals surface area contributed by atoms with Gasteiger partial charge in [-0.25, -0.2) is 12.7 Å². The molecular weight excluding hydrogens is 424 g/mol. The van der Waals surface area contributed by atoms with Crippen LogP contribution < -0.4 is 10.1 Å². The Morgan fingerprint density at radius 2 is 2.00 bits per heavy atom. The van der Waals surface area contributed by atoms with Crippen LogP contribution in [0.25, 0.3) is 0 Å². The number of benzene rings is 1. The number of anilines is 1. The Bertz CT molecular complexity index is 926. The highest BCUT2D eigenvalue weighted by atomic mass is 32.2. The Morgan fingerprint density at radius 3 is 2.61 bits per heavy atom. The standard InChI is InChI=1S/C17H20N2O6S3/c1-19(2)28(22,23)12-6-7-14(24-3)13(9-12)18-15(20)10-25-16(21)11-27-17-5-4-8-26-17/h4-9H,10-11H2,1-3H3,(H,18,20). The fraction of sp³-hybridized carbons (Fsp3) is 0.294. The summed E-state index contributed by atoms with van der Waals surface area (Å²) in [7, 11) is 0.537. The predicted molar refractivity (Wildman–Crippen MR) is 108 cm³/mol. The van der Waals surface area contributed by atoms with Gasteiger partial charge in [0.2, 0.25) is 10.0 Å². The summed E-state index contributed by atoms with van der Waals surface area (Å²) in [6, 6.07) is 7.88. The Balaban J connectivity index is 1.97. The minimum absolute atomic E-state index is 0.00191. The summed E-state index contributed by atoms with van der Waals surface area (Å²) in [6.07, 6.45) is 0. The molecule has 11 heteroatoms. The van der Waals surface area contributed by atoms with E-state index in [-0.39, 0.29) is 22.1 Å². The summed E-state index contributed by atoms with van der Waals surface area (Å²) in [6.45, 7) is -0.488. The molecule has 2 rings (SSSR count). The minimum Gasteiger partial charge on any atom is -0.495 e. The molecule has 0 aliphatic carbocycles. The molecule has 0 unspecified atom stereocenters. The van der Waals surface area contributed by atoms with Crippen LogP contribution in [0.2, 0.25) is 0 Å². The SMILES string of the molecule is COc1ccc(S(=O)(=O)N(C)C)cc1NC(=O)COC(=O)CSc1cccs1. The number of thioether (sulfide) groups is 1. The molecule has 0 fully saturated rings. The molecule has 1 heterocycles. The zero-order chi connectivity index (χ0) is 20.7. The molecule has 0 radical (unpaired) electrons. The number of rotatable bonds is 9. The van der Waals surface area contributed by atoms with Crippen molar-refractivity contribution < 1.29 is 27.5 Å². The predicted octanol–water partition coefficient (Wildman–Crippen LogP) is 2.28. The van der Waals surface area contributed by atoms with E-state index in [4.69, 9.17) is 9.47 Å². The number of sulfonamides is 1. The molecule has 0 bridgehead atoms. The van der Waals surface area contributed by atoms with Crippen LogP contribution in [-0.2, 0) is 24.3 Å². The zero-order valence-electron chi connectivity index (χ0n) is 15.5. The Hall–Kier alpha value is -2.08. The number of thiophene rings is 1. The van der Waals surface area contributed by atoms with E-state index in [1.165, 1.54) is 62.5 Å². The maximum atomic E-state index is 12.3. The second-order valence-corrected chi connectivity index (χ2v) is 9.95. The van der Waals surface area contributed by atoms with Gasteiger partial charge in [-0.3, -0.25) is 9.59 Å². The molecule has 8 nitrogen and oxygen atoms in total. The molecule has 0 saturated heterocycles. The topological polar surface area (TPSA) is 102 Å². The molecule has 0 saturated carbocycles. The number of carbonyl (C=O) groups is 2. The van der Waals surface area contributed by atoms with E-state index >= 15 is 0 Å². The highest BCUT2D eigenvalue weighted by Gasteiger charge is 2.20. The summed E-state index contributed by atoms with van der Waals surface area (Å²) in [5, 5.41) is 4.41. The number of hydrogen-bond donors (Lipinski definition) is 1. The van der Waals surface area contributed by atoms with Crippen molar-refractivity contribution in [2.24, 2.45) is 0 Å². The lowest BCUT2D eigenvalue weighted by molar-refractivity contribution is -0.144. The maximum Gasteiger partial charge on any atom is 0.316 e. The third kappa shape index (κ3) is 5.96. The molecule has 28 heavy (non-hydrogen) atoms. The Morgan fingerprint density at radius 1 is 1.25 bits per heavy atom. The van der Waals surface area contributed by atoms with Gasteiger partial charge in [0.15, 0.2) is 6.61 Å². The summed E-state index contributed by atoms with van der Waals surface area (Å²) in [5.74, 6) is -0.754. The van der Waals surface area contributed by atoms with E-state index in [0.29, 0.717) is 0 Å². The lowest BCUT2D eigenvalue weighted by Crippen LogP contribution is -2.24. The van der Waals surface area contributed by atoms with Crippen LogP contribution in [0.3, 0.4) is 0 Å². The van der Waals surface area contributed by atoms with Crippen LogP contribution in [0, 0.1) is 0 Å². The van der Waals surface area contributed by atoms with Crippen molar-refractivity contribution in [3.63, 3.8) is 0 Å². The third-order valence-corrected chi connectivity index (χ3v) is 7.33. The van der Waals surface area contributed by atoms with Gasteiger partial charge in [-0.15, -0.1) is 23.1 Å². The first-order valence-corrected chi connectivity index (χ1v) is 11.3. The van der Waals surface area contributed by atoms with Gasteiger partial charge in [0.25, 0.3) is 5.91 Å². The second kappa shape index (κ2) is 9.92. The molecule has 1 N–H and O–H groups in total. The van der Waals surface area contributed by atoms with Crippen molar-refractivity contribution in [1.82, 2.24) is 4.31 Å². The van der Waals surface area contributed by atoms with Gasteiger partial charge in [-0.2, -0.15) is 0 Å². The van der Waals surface area contributed by atoms with Crippen LogP contribution in [0.1, 0.15) is 0 Å². The first-order chi connectivity index (χ1) is 13.2. The molecule has 0 spiro atoms. The van der Waals surface area contributed by atoms with E-state index in [2.05, 4.69) is 5.32 Å². The minimum atomic E-state index is -3.68. The molecule has 1 aromatic heterocycles. The average molecular weight is 445 g/mol. The van der Waals surface area contributed by atoms with Crippen molar-refractivity contribution in [3.05, 3.63) is 35.7 Å². The summed E-state index contributed by atoms with van der Waals surface area (Å²) in [5.41, 5.74) is 0.166. The molecule has 0 aliphatic rings. The molecular formula is C17H20N2O6S3. The number of nitrogens with one attached hydrogen (secondary N) is 1. The molecule has 1 aromatic carbocycles. The van der Waals surface area contributed by atoms with Crippen LogP contribution in [-0.4, -0.2) is 58.2 Å². The van der Waals surface area contributed by atoms with Crippen molar-refractivity contribution in [2.75, 3.05) is 38.9 Å². The number of nitrogens with zero attached hydrogens (tertiary/aromatic N) is 1. The van der Waals surface area contributed by atoms with Gasteiger partial charge in [-0.1, -0.05) is 6.07 Å². The van der Waals surface area contributed by atoms with Crippen LogP contribution in [0.5, 0.6) is 5.75 Å². The quantitative estimate of drug-likeness (QED) is 0.468. The molecule has 0 atom stereocenters. The summed E-state index contributed by atoms with van der Waals surface area (Å²) in [4.78, 5) is 23.9. The van der Waals surface area contributed by atoms with Crippen LogP contribution in [0.4, 0.5) is 5.69 Å². The first kappa shape index (κ1) is 22.2. The van der Waals surface area contributed by atoms with Gasteiger partial charge in [0.1, 0.15) is 5.75 Å². The number of ether oxygens (including phenoxy) is 2. The van der Waals surface area contributed by atoms with E-state index < -0.39 is 28.5 Å². The smallest absolute Gasteiger partial charge is 0.316 e. The van der Waals surface area contributed by atoms with Crippen molar-refractivity contribution in [3.8, 4) is 5.75 Å². The van der Waals surface area contributed by atoms with Gasteiger partial charge >= 0.3 is 5.97 Å². The first-order valence-electron chi connectivity index (χ1n) is 7.96. The third-order valence-electron chi connectivity index (χ3n) is 3.42. The maximum absolute atomic E-state index is 12.3. The van der Waals surface area contributed by atoms with Crippen molar-refractivity contribution >= 4 is 50.7 Å². The normalized spacial score (nSPS) is 11.3. The fourth-order valence-electron chi connectivity index (χ4n) is 2.01. The zero-order valence-corrected chi connectivity index (χ0v) is 17.9. The molecule has 2 aromatic rings. The van der Waals surface area contributed by atoms with E-state index in [0.717, 1.165) is 8.51 Å². The van der Waals surface area contributed by atoms with Crippen molar-refractivity contribution in [2.45, 2.75) is 9.10 Å². The second-order valence-electron chi connectivity index (χ2n) is 5.58. The fourth-order valence-corrected chi connectivity index (χ4v) is 4.52. The van der Waals surface area contributed by atoms with Crippen LogP contribution >= 0.6 is 23.1 Å². The highest BCUT2D eigenvalue weighted by molar-refractivity contribution is 8.01. The summed E-state index contributed by atoms with van der Waals surface area (Å²) < 4.78 is 36.6. The van der Waals surface area contributed by atoms with Crippen molar-refractivity contribution in [1.29, 1.82) is 0 Å². The number of carbonyl (C=O) groups excluding carboxylic acids is 2. The number of hydrogen-bond acceptors (Lipinski definition) is 8. The van der Waals surface area contributed by atoms with Gasteiger partial charge in [0, 0.05) is 14.1 Å². The Kier molecular flexibility index (Phi) is 7.87. The summed E-state index contributed by atoms with van der Waals surface area (Å²) >= 11 is 2.84. The number of amides is 1. The number of methoxy groups -OCH3 is 1. The van der Waals surface area contributed by atoms with E-state index in [9.17, 15) is 18.0 Å². The Labute approximate surface area is 171 Å². The van der Waals surface area contributed by atoms with Gasteiger partial charge in [-0.05, 0) is 29.6 Å². The lowest BCUT2D eigenvalue weighted by Gasteiger charge is -2.15. The van der Waals surface area contributed by atoms with Gasteiger partial charge < -0.3 is 14.8 Å². The molecule has 152 valence electrons. The van der Waals surface area contributed by atoms with Crippen LogP contribution in [0.15, 0.2) is 44.8 Å². The largest absolute Gasteiger partial charge is 0.495 e. The molecule has 0 aliphatic heterocycles. The monoisotopic (exact) mass is 444 g/mol. The van der Waals surface area contributed by atoms with E-state index in [1.807, 2.05) is 17.5 Å².